The van der Waals surface area contributed by atoms with Crippen molar-refractivity contribution >= 4 is 27.7 Å². The number of nitriles is 1. The number of nitrogens with one attached hydrogen (secondary N) is 2. The van der Waals surface area contributed by atoms with Crippen LogP contribution in [0.4, 0.5) is 0 Å². The van der Waals surface area contributed by atoms with Crippen LogP contribution >= 0.6 is 15.9 Å². The molecule has 0 atom stereocenters. The maximum atomic E-state index is 11.7. The van der Waals surface area contributed by atoms with Crippen molar-refractivity contribution in [3.05, 3.63) is 58.0 Å². The van der Waals surface area contributed by atoms with E-state index in [1.807, 2.05) is 6.07 Å². The molecule has 22 heavy (non-hydrogen) atoms. The second-order valence-corrected chi connectivity index (χ2v) is 5.15. The van der Waals surface area contributed by atoms with Crippen molar-refractivity contribution in [3.63, 3.8) is 0 Å². The van der Waals surface area contributed by atoms with Crippen molar-refractivity contribution in [3.8, 4) is 6.07 Å². The number of hydrogen-bond acceptors (Lipinski definition) is 4. The molecule has 0 spiro atoms. The molecule has 0 radical (unpaired) electrons. The Bertz CT molecular complexity index is 716. The van der Waals surface area contributed by atoms with E-state index >= 15 is 0 Å². The minimum Gasteiger partial charge on any atom is -0.444 e. The van der Waals surface area contributed by atoms with Gasteiger partial charge in [-0.05, 0) is 45.8 Å². The summed E-state index contributed by atoms with van der Waals surface area (Å²) in [6.45, 7) is 0.181. The van der Waals surface area contributed by atoms with E-state index in [2.05, 4.69) is 26.6 Å². The fourth-order valence-corrected chi connectivity index (χ4v) is 1.95. The minimum atomic E-state index is -0.459. The summed E-state index contributed by atoms with van der Waals surface area (Å²) in [6.07, 6.45) is 0. The van der Waals surface area contributed by atoms with E-state index in [9.17, 15) is 9.59 Å². The molecule has 0 aliphatic heterocycles. The molecule has 2 rings (SSSR count). The molecule has 2 amide bonds. The third-order valence-electron chi connectivity index (χ3n) is 2.78. The fourth-order valence-electron chi connectivity index (χ4n) is 1.64. The predicted molar refractivity (Wildman–Crippen MR) is 81.7 cm³/mol. The number of nitrogens with zero attached hydrogens (tertiary/aromatic N) is 1. The Morgan fingerprint density at radius 2 is 1.86 bits per heavy atom. The van der Waals surface area contributed by atoms with Crippen LogP contribution in [0, 0.1) is 11.3 Å². The molecule has 0 aliphatic rings. The molecule has 6 nitrogen and oxygen atoms in total. The maximum absolute atomic E-state index is 11.7. The van der Waals surface area contributed by atoms with E-state index in [0.29, 0.717) is 16.8 Å². The van der Waals surface area contributed by atoms with Crippen molar-refractivity contribution in [2.24, 2.45) is 0 Å². The van der Waals surface area contributed by atoms with Crippen molar-refractivity contribution in [1.29, 1.82) is 5.26 Å². The molecule has 0 unspecified atom stereocenters. The molecular formula is C15H12BrN3O3. The largest absolute Gasteiger partial charge is 0.444 e. The zero-order chi connectivity index (χ0) is 15.9. The molecule has 1 heterocycles. The number of rotatable bonds is 5. The summed E-state index contributed by atoms with van der Waals surface area (Å²) in [4.78, 5) is 23.3. The zero-order valence-electron chi connectivity index (χ0n) is 11.4. The number of carbonyl (C=O) groups is 2. The minimum absolute atomic E-state index is 0.131. The van der Waals surface area contributed by atoms with Gasteiger partial charge in [0.05, 0.1) is 18.2 Å². The number of furan rings is 1. The van der Waals surface area contributed by atoms with Gasteiger partial charge in [-0.1, -0.05) is 12.1 Å². The first-order valence-corrected chi connectivity index (χ1v) is 7.17. The lowest BCUT2D eigenvalue weighted by molar-refractivity contribution is -0.120. The van der Waals surface area contributed by atoms with Crippen LogP contribution in [0.1, 0.15) is 21.7 Å². The van der Waals surface area contributed by atoms with Crippen LogP contribution in [0.5, 0.6) is 0 Å². The molecule has 7 heteroatoms. The Kier molecular flexibility index (Phi) is 5.33. The summed E-state index contributed by atoms with van der Waals surface area (Å²) in [5.74, 6) is -0.644. The van der Waals surface area contributed by atoms with Crippen molar-refractivity contribution in [2.75, 3.05) is 6.54 Å². The van der Waals surface area contributed by atoms with Crippen LogP contribution in [-0.2, 0) is 11.3 Å². The summed E-state index contributed by atoms with van der Waals surface area (Å²) in [7, 11) is 0. The average Bonchev–Trinajstić information content (AvgIpc) is 2.97. The molecule has 1 aromatic carbocycles. The standard InChI is InChI=1S/C15H12BrN3O3/c16-13-6-5-12(22-13)15(21)19-9-14(20)18-8-11-3-1-10(7-17)2-4-11/h1-6H,8-9H2,(H,18,20)(H,19,21). The van der Waals surface area contributed by atoms with Gasteiger partial charge in [0, 0.05) is 6.54 Å². The lowest BCUT2D eigenvalue weighted by Crippen LogP contribution is -2.36. The molecule has 1 aromatic heterocycles. The van der Waals surface area contributed by atoms with E-state index in [-0.39, 0.29) is 18.2 Å². The Hall–Kier alpha value is -2.59. The van der Waals surface area contributed by atoms with Gasteiger partial charge in [-0.2, -0.15) is 5.26 Å². The summed E-state index contributed by atoms with van der Waals surface area (Å²) in [5.41, 5.74) is 1.43. The van der Waals surface area contributed by atoms with E-state index in [0.717, 1.165) is 5.56 Å². The van der Waals surface area contributed by atoms with Gasteiger partial charge in [0.2, 0.25) is 5.91 Å². The van der Waals surface area contributed by atoms with Gasteiger partial charge < -0.3 is 15.1 Å². The van der Waals surface area contributed by atoms with Crippen LogP contribution < -0.4 is 10.6 Å². The quantitative estimate of drug-likeness (QED) is 0.850. The lowest BCUT2D eigenvalue weighted by atomic mass is 10.1. The van der Waals surface area contributed by atoms with Crippen LogP contribution in [0.25, 0.3) is 0 Å². The van der Waals surface area contributed by atoms with Gasteiger partial charge in [-0.25, -0.2) is 0 Å². The van der Waals surface area contributed by atoms with Crippen molar-refractivity contribution in [2.45, 2.75) is 6.54 Å². The lowest BCUT2D eigenvalue weighted by Gasteiger charge is -2.06. The molecule has 0 fully saturated rings. The smallest absolute Gasteiger partial charge is 0.287 e. The average molecular weight is 362 g/mol. The fraction of sp³-hybridized carbons (Fsp3) is 0.133. The van der Waals surface area contributed by atoms with E-state index in [1.165, 1.54) is 6.07 Å². The number of benzene rings is 1. The summed E-state index contributed by atoms with van der Waals surface area (Å²) < 4.78 is 5.52. The Morgan fingerprint density at radius 3 is 2.45 bits per heavy atom. The van der Waals surface area contributed by atoms with Crippen molar-refractivity contribution < 1.29 is 14.0 Å². The Labute approximate surface area is 135 Å². The summed E-state index contributed by atoms with van der Waals surface area (Å²) in [5, 5.41) is 13.8. The first-order chi connectivity index (χ1) is 10.6. The first kappa shape index (κ1) is 15.8. The molecule has 0 saturated carbocycles. The zero-order valence-corrected chi connectivity index (χ0v) is 13.0. The SMILES string of the molecule is N#Cc1ccc(CNC(=O)CNC(=O)c2ccc(Br)o2)cc1. The third-order valence-corrected chi connectivity index (χ3v) is 3.21. The second kappa shape index (κ2) is 7.43. The van der Waals surface area contributed by atoms with Gasteiger partial charge in [0.1, 0.15) is 0 Å². The van der Waals surface area contributed by atoms with E-state index < -0.39 is 5.91 Å². The molecule has 0 saturated heterocycles. The highest BCUT2D eigenvalue weighted by atomic mass is 79.9. The monoisotopic (exact) mass is 361 g/mol. The van der Waals surface area contributed by atoms with E-state index in [4.69, 9.17) is 9.68 Å². The van der Waals surface area contributed by atoms with E-state index in [1.54, 1.807) is 30.3 Å². The highest BCUT2D eigenvalue weighted by Gasteiger charge is 2.11. The van der Waals surface area contributed by atoms with Gasteiger partial charge in [0.25, 0.3) is 5.91 Å². The van der Waals surface area contributed by atoms with Crippen LogP contribution in [0.15, 0.2) is 45.5 Å². The summed E-state index contributed by atoms with van der Waals surface area (Å²) in [6, 6.07) is 12.0. The van der Waals surface area contributed by atoms with Gasteiger partial charge in [0.15, 0.2) is 10.4 Å². The molecule has 112 valence electrons. The number of hydrogen-bond donors (Lipinski definition) is 2. The number of amides is 2. The van der Waals surface area contributed by atoms with Gasteiger partial charge >= 0.3 is 0 Å². The second-order valence-electron chi connectivity index (χ2n) is 4.37. The first-order valence-electron chi connectivity index (χ1n) is 6.38. The van der Waals surface area contributed by atoms with Crippen LogP contribution in [0.2, 0.25) is 0 Å². The Balaban J connectivity index is 1.76. The highest BCUT2D eigenvalue weighted by Crippen LogP contribution is 2.13. The molecule has 2 N–H and O–H groups in total. The van der Waals surface area contributed by atoms with Gasteiger partial charge in [-0.15, -0.1) is 0 Å². The number of halogens is 1. The van der Waals surface area contributed by atoms with Crippen LogP contribution in [-0.4, -0.2) is 18.4 Å². The normalized spacial score (nSPS) is 9.82. The molecule has 0 bridgehead atoms. The summed E-state index contributed by atoms with van der Waals surface area (Å²) >= 11 is 3.10. The highest BCUT2D eigenvalue weighted by molar-refractivity contribution is 9.10. The van der Waals surface area contributed by atoms with Crippen molar-refractivity contribution in [1.82, 2.24) is 10.6 Å². The predicted octanol–water partition coefficient (Wildman–Crippen LogP) is 1.96. The van der Waals surface area contributed by atoms with Gasteiger partial charge in [-0.3, -0.25) is 9.59 Å². The number of carbonyl (C=O) groups excluding carboxylic acids is 2. The third kappa shape index (κ3) is 4.46. The maximum Gasteiger partial charge on any atom is 0.287 e. The molecule has 2 aromatic rings. The van der Waals surface area contributed by atoms with Crippen LogP contribution in [0.3, 0.4) is 0 Å². The Morgan fingerprint density at radius 1 is 1.14 bits per heavy atom. The molecule has 0 aliphatic carbocycles. The molecular weight excluding hydrogens is 350 g/mol. The topological polar surface area (TPSA) is 95.1 Å².